The van der Waals surface area contributed by atoms with E-state index in [-0.39, 0.29) is 0 Å². The number of aliphatic hydroxyl groups is 1. The van der Waals surface area contributed by atoms with Gasteiger partial charge in [-0.1, -0.05) is 72.8 Å². The van der Waals surface area contributed by atoms with Gasteiger partial charge in [-0.3, -0.25) is 4.79 Å². The third-order valence-corrected chi connectivity index (χ3v) is 9.93. The average molecular weight is 695 g/mol. The second-order valence-electron chi connectivity index (χ2n) is 13.9. The highest BCUT2D eigenvalue weighted by Gasteiger charge is 2.28. The van der Waals surface area contributed by atoms with Crippen LogP contribution >= 0.6 is 0 Å². The molecule has 3 saturated heterocycles. The predicted molar refractivity (Wildman–Crippen MR) is 209 cm³/mol. The Morgan fingerprint density at radius 2 is 1.08 bits per heavy atom. The summed E-state index contributed by atoms with van der Waals surface area (Å²) < 4.78 is 4.94. The Kier molecular flexibility index (Phi) is 11.1. The molecule has 3 aliphatic heterocycles. The van der Waals surface area contributed by atoms with Crippen LogP contribution in [0, 0.1) is 0 Å². The SMILES string of the molecule is C1CCOC1.CC1(O)CCN(c2nccc(-c3ccc4ccccc4c3)n2)CC1.O=C1CCN(c2nccc(-c3ccc4ccccc4c3)n2)CC1. The van der Waals surface area contributed by atoms with Gasteiger partial charge in [0.25, 0.3) is 0 Å². The van der Waals surface area contributed by atoms with Gasteiger partial charge in [-0.25, -0.2) is 19.9 Å². The zero-order valence-corrected chi connectivity index (χ0v) is 29.8. The summed E-state index contributed by atoms with van der Waals surface area (Å²) in [5, 5.41) is 15.0. The summed E-state index contributed by atoms with van der Waals surface area (Å²) >= 11 is 0. The first kappa shape index (κ1) is 35.2. The Bertz CT molecular complexity index is 2100. The number of anilines is 2. The molecule has 4 aromatic carbocycles. The summed E-state index contributed by atoms with van der Waals surface area (Å²) in [7, 11) is 0. The zero-order valence-electron chi connectivity index (χ0n) is 29.8. The number of ether oxygens (including phenoxy) is 1. The van der Waals surface area contributed by atoms with Crippen molar-refractivity contribution in [3.63, 3.8) is 0 Å². The maximum atomic E-state index is 11.4. The lowest BCUT2D eigenvalue weighted by atomic mass is 9.94. The van der Waals surface area contributed by atoms with Gasteiger partial charge in [0.2, 0.25) is 11.9 Å². The van der Waals surface area contributed by atoms with E-state index in [1.807, 2.05) is 37.4 Å². The van der Waals surface area contributed by atoms with E-state index in [1.165, 1.54) is 34.4 Å². The minimum Gasteiger partial charge on any atom is -0.390 e. The molecule has 9 heteroatoms. The lowest BCUT2D eigenvalue weighted by Crippen LogP contribution is -2.43. The van der Waals surface area contributed by atoms with E-state index in [0.29, 0.717) is 37.7 Å². The molecule has 9 rings (SSSR count). The van der Waals surface area contributed by atoms with Crippen LogP contribution in [-0.2, 0) is 9.53 Å². The number of benzene rings is 4. The fraction of sp³-hybridized carbons (Fsp3) is 0.326. The van der Waals surface area contributed by atoms with Crippen LogP contribution < -0.4 is 9.80 Å². The first-order valence-corrected chi connectivity index (χ1v) is 18.4. The average Bonchev–Trinajstić information content (AvgIpc) is 3.79. The van der Waals surface area contributed by atoms with Crippen LogP contribution in [0.15, 0.2) is 109 Å². The highest BCUT2D eigenvalue weighted by Crippen LogP contribution is 2.28. The fourth-order valence-electron chi connectivity index (χ4n) is 6.68. The maximum absolute atomic E-state index is 11.4. The van der Waals surface area contributed by atoms with E-state index in [2.05, 4.69) is 92.6 Å². The number of piperidine rings is 2. The van der Waals surface area contributed by atoms with E-state index in [4.69, 9.17) is 14.7 Å². The van der Waals surface area contributed by atoms with Crippen molar-refractivity contribution in [2.75, 3.05) is 49.2 Å². The first-order valence-electron chi connectivity index (χ1n) is 18.4. The van der Waals surface area contributed by atoms with Gasteiger partial charge >= 0.3 is 0 Å². The highest BCUT2D eigenvalue weighted by atomic mass is 16.5. The molecule has 9 nitrogen and oxygen atoms in total. The lowest BCUT2D eigenvalue weighted by molar-refractivity contribution is -0.119. The van der Waals surface area contributed by atoms with E-state index in [1.54, 1.807) is 6.20 Å². The van der Waals surface area contributed by atoms with Gasteiger partial charge in [0.15, 0.2) is 0 Å². The first-order chi connectivity index (χ1) is 25.4. The number of fused-ring (bicyclic) bond motifs is 2. The molecule has 0 atom stereocenters. The monoisotopic (exact) mass is 694 g/mol. The molecule has 0 unspecified atom stereocenters. The van der Waals surface area contributed by atoms with Crippen LogP contribution in [0.5, 0.6) is 0 Å². The number of hydrogen-bond acceptors (Lipinski definition) is 9. The molecule has 52 heavy (non-hydrogen) atoms. The number of nitrogens with zero attached hydrogens (tertiary/aromatic N) is 6. The van der Waals surface area contributed by atoms with E-state index in [9.17, 15) is 9.90 Å². The van der Waals surface area contributed by atoms with Crippen molar-refractivity contribution < 1.29 is 14.6 Å². The minimum absolute atomic E-state index is 0.326. The molecular weight excluding hydrogens is 649 g/mol. The van der Waals surface area contributed by atoms with Gasteiger partial charge in [0.05, 0.1) is 17.0 Å². The van der Waals surface area contributed by atoms with Crippen molar-refractivity contribution in [1.29, 1.82) is 0 Å². The highest BCUT2D eigenvalue weighted by molar-refractivity contribution is 5.88. The van der Waals surface area contributed by atoms with Crippen molar-refractivity contribution in [3.05, 3.63) is 109 Å². The minimum atomic E-state index is -0.563. The Balaban J connectivity index is 0.000000143. The molecule has 266 valence electrons. The molecule has 0 bridgehead atoms. The van der Waals surface area contributed by atoms with Crippen molar-refractivity contribution in [2.24, 2.45) is 0 Å². The van der Waals surface area contributed by atoms with Crippen LogP contribution in [-0.4, -0.2) is 75.8 Å². The molecule has 3 aliphatic rings. The van der Waals surface area contributed by atoms with Gasteiger partial charge in [-0.2, -0.15) is 0 Å². The van der Waals surface area contributed by atoms with Crippen LogP contribution in [0.4, 0.5) is 11.9 Å². The molecule has 3 fully saturated rings. The molecule has 1 N–H and O–H groups in total. The second-order valence-corrected chi connectivity index (χ2v) is 13.9. The van der Waals surface area contributed by atoms with Crippen LogP contribution in [0.2, 0.25) is 0 Å². The molecule has 0 spiro atoms. The summed E-state index contributed by atoms with van der Waals surface area (Å²) in [5.41, 5.74) is 3.47. The third kappa shape index (κ3) is 8.96. The Hall–Kier alpha value is -5.25. The molecule has 0 amide bonds. The standard InChI is InChI=1S/C20H21N3O.C19H17N3O.C4H8O/c1-20(24)9-12-23(13-10-20)19-21-11-8-18(22-19)17-7-6-15-4-2-3-5-16(15)14-17;23-17-8-11-22(12-9-17)19-20-10-7-18(21-19)16-6-5-14-3-1-2-4-15(14)13-16;1-2-4-5-3-1/h2-8,11,14,24H,9-10,12-13H2,1H3;1-7,10,13H,8-9,11-12H2;1-4H2. The third-order valence-electron chi connectivity index (χ3n) is 9.93. The maximum Gasteiger partial charge on any atom is 0.225 e. The van der Waals surface area contributed by atoms with Gasteiger partial charge in [0.1, 0.15) is 5.78 Å². The summed E-state index contributed by atoms with van der Waals surface area (Å²) in [6.45, 7) is 6.89. The van der Waals surface area contributed by atoms with Crippen LogP contribution in [0.3, 0.4) is 0 Å². The smallest absolute Gasteiger partial charge is 0.225 e. The molecular formula is C43H46N6O3. The van der Waals surface area contributed by atoms with Gasteiger partial charge in [-0.15, -0.1) is 0 Å². The number of carbonyl (C=O) groups is 1. The number of hydrogen-bond donors (Lipinski definition) is 1. The van der Waals surface area contributed by atoms with Crippen LogP contribution in [0.1, 0.15) is 45.4 Å². The Labute approximate surface area is 305 Å². The fourth-order valence-corrected chi connectivity index (χ4v) is 6.68. The van der Waals surface area contributed by atoms with E-state index < -0.39 is 5.60 Å². The molecule has 0 aliphatic carbocycles. The van der Waals surface area contributed by atoms with Crippen molar-refractivity contribution in [2.45, 2.75) is 51.0 Å². The van der Waals surface area contributed by atoms with Crippen LogP contribution in [0.25, 0.3) is 44.1 Å². The largest absolute Gasteiger partial charge is 0.390 e. The molecule has 6 aromatic rings. The number of ketones is 1. The van der Waals surface area contributed by atoms with E-state index in [0.717, 1.165) is 67.6 Å². The van der Waals surface area contributed by atoms with Crippen molar-refractivity contribution in [3.8, 4) is 22.5 Å². The summed E-state index contributed by atoms with van der Waals surface area (Å²) in [6, 6.07) is 33.3. The Morgan fingerprint density at radius 3 is 1.54 bits per heavy atom. The normalized spacial score (nSPS) is 16.9. The number of aromatic nitrogens is 4. The summed E-state index contributed by atoms with van der Waals surface area (Å²) in [6.07, 6.45) is 8.84. The van der Waals surface area contributed by atoms with Gasteiger partial charge in [-0.05, 0) is 78.4 Å². The number of rotatable bonds is 4. The molecule has 5 heterocycles. The zero-order chi connectivity index (χ0) is 35.8. The van der Waals surface area contributed by atoms with Gasteiger partial charge in [0, 0.05) is 75.8 Å². The predicted octanol–water partition coefficient (Wildman–Crippen LogP) is 7.91. The topological polar surface area (TPSA) is 105 Å². The quantitative estimate of drug-likeness (QED) is 0.197. The van der Waals surface area contributed by atoms with Crippen molar-refractivity contribution >= 4 is 39.2 Å². The Morgan fingerprint density at radius 1 is 0.615 bits per heavy atom. The van der Waals surface area contributed by atoms with E-state index >= 15 is 0 Å². The summed E-state index contributed by atoms with van der Waals surface area (Å²) in [5.74, 6) is 1.78. The molecule has 0 saturated carbocycles. The summed E-state index contributed by atoms with van der Waals surface area (Å²) in [4.78, 5) is 33.9. The van der Waals surface area contributed by atoms with Crippen molar-refractivity contribution in [1.82, 2.24) is 19.9 Å². The number of Topliss-reactive ketones (excluding diaryl/α,β-unsaturated/α-hetero) is 1. The molecule has 0 radical (unpaired) electrons. The molecule has 2 aromatic heterocycles. The van der Waals surface area contributed by atoms with Gasteiger partial charge < -0.3 is 19.6 Å². The second kappa shape index (κ2) is 16.4. The number of carbonyl (C=O) groups excluding carboxylic acids is 1. The lowest BCUT2D eigenvalue weighted by Gasteiger charge is -2.35.